The average molecular weight is 239 g/mol. The molecule has 0 spiro atoms. The van der Waals surface area contributed by atoms with Crippen LogP contribution in [0.3, 0.4) is 0 Å². The van der Waals surface area contributed by atoms with Crippen molar-refractivity contribution >= 4 is 17.5 Å². The predicted molar refractivity (Wildman–Crippen MR) is 61.0 cm³/mol. The van der Waals surface area contributed by atoms with Crippen molar-refractivity contribution in [3.8, 4) is 5.95 Å². The number of rotatable bonds is 2. The van der Waals surface area contributed by atoms with Crippen LogP contribution in [0.25, 0.3) is 5.95 Å². The fraction of sp³-hybridized carbons (Fsp3) is 0.333. The maximum absolute atomic E-state index is 5.82. The summed E-state index contributed by atoms with van der Waals surface area (Å²) in [6, 6.07) is 1.87. The molecule has 2 rings (SSSR count). The fourth-order valence-electron chi connectivity index (χ4n) is 1.16. The van der Waals surface area contributed by atoms with Gasteiger partial charge in [-0.1, -0.05) is 0 Å². The van der Waals surface area contributed by atoms with Crippen LogP contribution in [-0.4, -0.2) is 38.8 Å². The van der Waals surface area contributed by atoms with Crippen LogP contribution in [0.1, 0.15) is 5.69 Å². The predicted octanol–water partition coefficient (Wildman–Crippen LogP) is 1.09. The minimum Gasteiger partial charge on any atom is -0.347 e. The number of hydrogen-bond acceptors (Lipinski definition) is 5. The molecule has 0 amide bonds. The third-order valence-corrected chi connectivity index (χ3v) is 2.08. The first kappa shape index (κ1) is 10.8. The van der Waals surface area contributed by atoms with E-state index in [4.69, 9.17) is 11.6 Å². The van der Waals surface area contributed by atoms with Crippen LogP contribution in [0, 0.1) is 6.92 Å². The van der Waals surface area contributed by atoms with Gasteiger partial charge in [-0.05, 0) is 24.6 Å². The van der Waals surface area contributed by atoms with Gasteiger partial charge in [0.15, 0.2) is 0 Å². The second-order valence-electron chi connectivity index (χ2n) is 3.50. The van der Waals surface area contributed by atoms with E-state index in [-0.39, 0.29) is 5.28 Å². The molecular weight excluding hydrogens is 228 g/mol. The van der Waals surface area contributed by atoms with Gasteiger partial charge in [-0.2, -0.15) is 20.1 Å². The van der Waals surface area contributed by atoms with Crippen molar-refractivity contribution < 1.29 is 0 Å². The van der Waals surface area contributed by atoms with Crippen molar-refractivity contribution in [2.24, 2.45) is 0 Å². The van der Waals surface area contributed by atoms with Gasteiger partial charge in [-0.3, -0.25) is 0 Å². The molecular formula is C9H11ClN6. The summed E-state index contributed by atoms with van der Waals surface area (Å²) in [5.74, 6) is 0.917. The summed E-state index contributed by atoms with van der Waals surface area (Å²) in [7, 11) is 3.67. The first-order valence-electron chi connectivity index (χ1n) is 4.68. The Hall–Kier alpha value is -1.69. The van der Waals surface area contributed by atoms with Crippen LogP contribution in [0.15, 0.2) is 12.3 Å². The molecule has 0 bridgehead atoms. The average Bonchev–Trinajstić information content (AvgIpc) is 2.64. The molecule has 2 aromatic rings. The zero-order chi connectivity index (χ0) is 11.7. The van der Waals surface area contributed by atoms with Crippen molar-refractivity contribution in [2.75, 3.05) is 19.0 Å². The Morgan fingerprint density at radius 3 is 2.56 bits per heavy atom. The summed E-state index contributed by atoms with van der Waals surface area (Å²) >= 11 is 5.82. The third kappa shape index (κ3) is 2.11. The first-order chi connectivity index (χ1) is 7.56. The van der Waals surface area contributed by atoms with Crippen molar-refractivity contribution in [3.05, 3.63) is 23.2 Å². The lowest BCUT2D eigenvalue weighted by Crippen LogP contribution is -2.15. The Labute approximate surface area is 97.9 Å². The van der Waals surface area contributed by atoms with Gasteiger partial charge in [0.2, 0.25) is 11.2 Å². The Balaban J connectivity index is 2.49. The molecule has 2 heterocycles. The molecule has 0 radical (unpaired) electrons. The van der Waals surface area contributed by atoms with Gasteiger partial charge >= 0.3 is 0 Å². The topological polar surface area (TPSA) is 59.7 Å². The van der Waals surface area contributed by atoms with Gasteiger partial charge in [-0.25, -0.2) is 4.68 Å². The van der Waals surface area contributed by atoms with Crippen molar-refractivity contribution in [1.82, 2.24) is 24.7 Å². The molecule has 0 fully saturated rings. The zero-order valence-corrected chi connectivity index (χ0v) is 9.97. The highest BCUT2D eigenvalue weighted by Crippen LogP contribution is 2.11. The van der Waals surface area contributed by atoms with Crippen LogP contribution in [0.2, 0.25) is 5.28 Å². The second-order valence-corrected chi connectivity index (χ2v) is 3.84. The van der Waals surface area contributed by atoms with E-state index in [9.17, 15) is 0 Å². The lowest BCUT2D eigenvalue weighted by Gasteiger charge is -2.10. The smallest absolute Gasteiger partial charge is 0.256 e. The number of hydrogen-bond donors (Lipinski definition) is 0. The van der Waals surface area contributed by atoms with Crippen molar-refractivity contribution in [1.29, 1.82) is 0 Å². The lowest BCUT2D eigenvalue weighted by molar-refractivity contribution is 0.779. The second kappa shape index (κ2) is 4.05. The molecule has 0 saturated carbocycles. The lowest BCUT2D eigenvalue weighted by atomic mass is 10.5. The molecule has 0 saturated heterocycles. The molecule has 84 valence electrons. The Morgan fingerprint density at radius 1 is 1.25 bits per heavy atom. The summed E-state index contributed by atoms with van der Waals surface area (Å²) < 4.78 is 1.57. The molecule has 6 nitrogen and oxygen atoms in total. The van der Waals surface area contributed by atoms with Gasteiger partial charge in [0.25, 0.3) is 5.95 Å². The number of aryl methyl sites for hydroxylation is 1. The first-order valence-corrected chi connectivity index (χ1v) is 5.05. The van der Waals surface area contributed by atoms with Crippen molar-refractivity contribution in [3.63, 3.8) is 0 Å². The molecule has 0 unspecified atom stereocenters. The van der Waals surface area contributed by atoms with Crippen molar-refractivity contribution in [2.45, 2.75) is 6.92 Å². The van der Waals surface area contributed by atoms with Gasteiger partial charge in [0.05, 0.1) is 5.69 Å². The van der Waals surface area contributed by atoms with E-state index < -0.39 is 0 Å². The van der Waals surface area contributed by atoms with Crippen LogP contribution in [0.4, 0.5) is 5.95 Å². The molecule has 0 N–H and O–H groups in total. The van der Waals surface area contributed by atoms with E-state index >= 15 is 0 Å². The molecule has 0 atom stereocenters. The monoisotopic (exact) mass is 238 g/mol. The Kier molecular flexibility index (Phi) is 2.74. The normalized spacial score (nSPS) is 10.5. The highest BCUT2D eigenvalue weighted by molar-refractivity contribution is 6.28. The fourth-order valence-corrected chi connectivity index (χ4v) is 1.31. The van der Waals surface area contributed by atoms with E-state index in [0.717, 1.165) is 5.69 Å². The number of nitrogens with zero attached hydrogens (tertiary/aromatic N) is 6. The van der Waals surface area contributed by atoms with E-state index in [0.29, 0.717) is 11.9 Å². The van der Waals surface area contributed by atoms with Gasteiger partial charge < -0.3 is 4.90 Å². The highest BCUT2D eigenvalue weighted by Gasteiger charge is 2.08. The third-order valence-electron chi connectivity index (χ3n) is 1.91. The highest BCUT2D eigenvalue weighted by atomic mass is 35.5. The van der Waals surface area contributed by atoms with Crippen LogP contribution in [-0.2, 0) is 0 Å². The van der Waals surface area contributed by atoms with E-state index in [1.807, 2.05) is 27.1 Å². The molecule has 0 aliphatic heterocycles. The maximum atomic E-state index is 5.82. The summed E-state index contributed by atoms with van der Waals surface area (Å²) in [5.41, 5.74) is 0.892. The zero-order valence-electron chi connectivity index (χ0n) is 9.22. The molecule has 0 aliphatic carbocycles. The van der Waals surface area contributed by atoms with Crippen LogP contribution in [0.5, 0.6) is 0 Å². The van der Waals surface area contributed by atoms with Gasteiger partial charge in [-0.15, -0.1) is 0 Å². The Bertz CT molecular complexity index is 506. The minimum absolute atomic E-state index is 0.154. The van der Waals surface area contributed by atoms with Gasteiger partial charge in [0, 0.05) is 20.3 Å². The summed E-state index contributed by atoms with van der Waals surface area (Å²) in [5, 5.41) is 4.36. The molecule has 2 aromatic heterocycles. The van der Waals surface area contributed by atoms with E-state index in [1.165, 1.54) is 0 Å². The van der Waals surface area contributed by atoms with E-state index in [2.05, 4.69) is 20.1 Å². The minimum atomic E-state index is 0.154. The summed E-state index contributed by atoms with van der Waals surface area (Å²) in [6.07, 6.45) is 1.78. The van der Waals surface area contributed by atoms with Gasteiger partial charge in [0.1, 0.15) is 0 Å². The largest absolute Gasteiger partial charge is 0.347 e. The molecule has 0 aliphatic rings. The van der Waals surface area contributed by atoms with Crippen LogP contribution >= 0.6 is 11.6 Å². The SMILES string of the molecule is Cc1ccn(-c2nc(Cl)nc(N(C)C)n2)n1. The summed E-state index contributed by atoms with van der Waals surface area (Å²) in [4.78, 5) is 14.0. The van der Waals surface area contributed by atoms with E-state index in [1.54, 1.807) is 15.8 Å². The molecule has 7 heteroatoms. The maximum Gasteiger partial charge on any atom is 0.256 e. The number of aromatic nitrogens is 5. The standard InChI is InChI=1S/C9H11ClN6/c1-6-4-5-16(14-6)9-12-7(10)11-8(13-9)15(2)3/h4-5H,1-3H3. The number of halogens is 1. The molecule has 16 heavy (non-hydrogen) atoms. The molecule has 0 aromatic carbocycles. The quantitative estimate of drug-likeness (QED) is 0.784. The Morgan fingerprint density at radius 2 is 2.00 bits per heavy atom. The summed E-state index contributed by atoms with van der Waals surface area (Å²) in [6.45, 7) is 1.89. The van der Waals surface area contributed by atoms with Crippen LogP contribution < -0.4 is 4.90 Å². The number of anilines is 1.